The van der Waals surface area contributed by atoms with E-state index < -0.39 is 10.4 Å². The molecule has 0 bridgehead atoms. The van der Waals surface area contributed by atoms with Gasteiger partial charge >= 0.3 is 10.4 Å². The summed E-state index contributed by atoms with van der Waals surface area (Å²) in [6.45, 7) is 0. The Morgan fingerprint density at radius 1 is 0.875 bits per heavy atom. The molecule has 0 radical (unpaired) electrons. The molecule has 0 unspecified atom stereocenters. The third kappa shape index (κ3) is 94.7. The van der Waals surface area contributed by atoms with Gasteiger partial charge in [0.1, 0.15) is 0 Å². The van der Waals surface area contributed by atoms with E-state index in [1.165, 1.54) is 0 Å². The maximum Gasteiger partial charge on any atom is 0.394 e. The molecule has 0 aromatic rings. The standard InChI is InChI=1S/3HI.H2O4S/c;;;1-5(2,3)4/h3*1H;(H2,1,2,3,4). The highest BCUT2D eigenvalue weighted by Gasteiger charge is 1.84. The largest absolute Gasteiger partial charge is 0.394 e. The van der Waals surface area contributed by atoms with Crippen molar-refractivity contribution in [3.8, 4) is 0 Å². The van der Waals surface area contributed by atoms with Crippen LogP contribution in [-0.4, -0.2) is 17.5 Å². The quantitative estimate of drug-likeness (QED) is 0.403. The molecule has 0 aliphatic carbocycles. The van der Waals surface area contributed by atoms with Crippen LogP contribution in [0.5, 0.6) is 0 Å². The van der Waals surface area contributed by atoms with Crippen LogP contribution < -0.4 is 0 Å². The molecule has 0 amide bonds. The maximum absolute atomic E-state index is 8.74. The molecule has 0 spiro atoms. The lowest BCUT2D eigenvalue weighted by Crippen LogP contribution is -1.89. The smallest absolute Gasteiger partial charge is 0.264 e. The maximum atomic E-state index is 8.74. The summed E-state index contributed by atoms with van der Waals surface area (Å²) < 4.78 is 31.6. The molecule has 8 heavy (non-hydrogen) atoms. The zero-order valence-electron chi connectivity index (χ0n) is 3.34. The van der Waals surface area contributed by atoms with Gasteiger partial charge in [-0.15, -0.1) is 71.9 Å². The van der Waals surface area contributed by atoms with E-state index in [-0.39, 0.29) is 71.9 Å². The van der Waals surface area contributed by atoms with Crippen molar-refractivity contribution in [2.75, 3.05) is 0 Å². The fraction of sp³-hybridized carbons (Fsp3) is 0. The predicted octanol–water partition coefficient (Wildman–Crippen LogP) is 1.20. The molecule has 0 rings (SSSR count). The normalized spacial score (nSPS) is 7.25. The van der Waals surface area contributed by atoms with Crippen LogP contribution >= 0.6 is 71.9 Å². The highest BCUT2D eigenvalue weighted by molar-refractivity contribution is 14.0. The first-order chi connectivity index (χ1) is 2.00. The Bertz CT molecular complexity index is 94.5. The second kappa shape index (κ2) is 9.06. The average molecular weight is 482 g/mol. The van der Waals surface area contributed by atoms with Crippen LogP contribution in [0.15, 0.2) is 0 Å². The first-order valence-corrected chi connectivity index (χ1v) is 2.10. The molecule has 0 saturated heterocycles. The van der Waals surface area contributed by atoms with E-state index in [2.05, 4.69) is 0 Å². The number of hydrogen-bond acceptors (Lipinski definition) is 2. The minimum atomic E-state index is -4.67. The van der Waals surface area contributed by atoms with Crippen LogP contribution in [0.1, 0.15) is 0 Å². The van der Waals surface area contributed by atoms with Gasteiger partial charge in [0.05, 0.1) is 0 Å². The zero-order chi connectivity index (χ0) is 4.50. The summed E-state index contributed by atoms with van der Waals surface area (Å²) in [5, 5.41) is 0. The van der Waals surface area contributed by atoms with E-state index in [4.69, 9.17) is 17.5 Å². The van der Waals surface area contributed by atoms with E-state index in [1.807, 2.05) is 0 Å². The molecule has 56 valence electrons. The Hall–Kier alpha value is 2.06. The minimum Gasteiger partial charge on any atom is -0.264 e. The van der Waals surface area contributed by atoms with Gasteiger partial charge in [0.15, 0.2) is 0 Å². The van der Waals surface area contributed by atoms with Crippen molar-refractivity contribution in [2.45, 2.75) is 0 Å². The fourth-order valence-electron chi connectivity index (χ4n) is 0. The molecule has 0 atom stereocenters. The van der Waals surface area contributed by atoms with Crippen molar-refractivity contribution in [1.82, 2.24) is 0 Å². The molecular weight excluding hydrogens is 477 g/mol. The van der Waals surface area contributed by atoms with Gasteiger partial charge in [0.2, 0.25) is 0 Å². The molecule has 0 aromatic heterocycles. The molecule has 0 saturated carbocycles. The Morgan fingerprint density at radius 2 is 0.875 bits per heavy atom. The summed E-state index contributed by atoms with van der Waals surface area (Å²) in [4.78, 5) is 0. The van der Waals surface area contributed by atoms with Crippen LogP contribution in [0.2, 0.25) is 0 Å². The van der Waals surface area contributed by atoms with Gasteiger partial charge in [-0.25, -0.2) is 0 Å². The molecular formula is H5I3O4S. The summed E-state index contributed by atoms with van der Waals surface area (Å²) in [6, 6.07) is 0. The first kappa shape index (κ1) is 22.5. The number of rotatable bonds is 0. The fourth-order valence-corrected chi connectivity index (χ4v) is 0. The molecule has 0 aliphatic heterocycles. The van der Waals surface area contributed by atoms with E-state index in [0.717, 1.165) is 0 Å². The lowest BCUT2D eigenvalue weighted by molar-refractivity contribution is 0.381. The molecule has 0 heterocycles. The summed E-state index contributed by atoms with van der Waals surface area (Å²) in [5.41, 5.74) is 0. The van der Waals surface area contributed by atoms with Gasteiger partial charge in [-0.3, -0.25) is 9.11 Å². The van der Waals surface area contributed by atoms with Crippen molar-refractivity contribution in [1.29, 1.82) is 0 Å². The van der Waals surface area contributed by atoms with E-state index in [0.29, 0.717) is 0 Å². The highest BCUT2D eigenvalue weighted by atomic mass is 127. The minimum absolute atomic E-state index is 0. The lowest BCUT2D eigenvalue weighted by Gasteiger charge is -1.68. The molecule has 2 N–H and O–H groups in total. The van der Waals surface area contributed by atoms with Crippen LogP contribution in [0.4, 0.5) is 0 Å². The van der Waals surface area contributed by atoms with Crippen LogP contribution in [-0.2, 0) is 10.4 Å². The summed E-state index contributed by atoms with van der Waals surface area (Å²) in [5.74, 6) is 0. The van der Waals surface area contributed by atoms with E-state index in [9.17, 15) is 0 Å². The van der Waals surface area contributed by atoms with E-state index >= 15 is 0 Å². The molecule has 0 fully saturated rings. The first-order valence-electron chi connectivity index (χ1n) is 0.698. The van der Waals surface area contributed by atoms with Crippen molar-refractivity contribution >= 4 is 82.3 Å². The Balaban J connectivity index is -0.0000000267. The molecule has 8 heteroatoms. The third-order valence-corrected chi connectivity index (χ3v) is 0. The van der Waals surface area contributed by atoms with Gasteiger partial charge in [-0.05, 0) is 0 Å². The topological polar surface area (TPSA) is 74.6 Å². The Kier molecular flexibility index (Phi) is 25.5. The highest BCUT2D eigenvalue weighted by Crippen LogP contribution is 1.59. The van der Waals surface area contributed by atoms with Crippen molar-refractivity contribution in [3.63, 3.8) is 0 Å². The molecule has 4 nitrogen and oxygen atoms in total. The Labute approximate surface area is 98.4 Å². The molecule has 0 aliphatic rings. The van der Waals surface area contributed by atoms with E-state index in [1.54, 1.807) is 0 Å². The van der Waals surface area contributed by atoms with Gasteiger partial charge in [0.25, 0.3) is 0 Å². The van der Waals surface area contributed by atoms with Crippen molar-refractivity contribution in [3.05, 3.63) is 0 Å². The number of halogens is 3. The summed E-state index contributed by atoms with van der Waals surface area (Å²) in [6.07, 6.45) is 0. The van der Waals surface area contributed by atoms with Crippen LogP contribution in [0.3, 0.4) is 0 Å². The summed E-state index contributed by atoms with van der Waals surface area (Å²) >= 11 is 0. The van der Waals surface area contributed by atoms with Crippen LogP contribution in [0, 0.1) is 0 Å². The van der Waals surface area contributed by atoms with Gasteiger partial charge < -0.3 is 0 Å². The summed E-state index contributed by atoms with van der Waals surface area (Å²) in [7, 11) is -4.67. The Morgan fingerprint density at radius 3 is 0.875 bits per heavy atom. The number of hydrogen-bond donors (Lipinski definition) is 2. The predicted molar refractivity (Wildman–Crippen MR) is 60.4 cm³/mol. The van der Waals surface area contributed by atoms with Gasteiger partial charge in [-0.1, -0.05) is 0 Å². The lowest BCUT2D eigenvalue weighted by atomic mass is 15.8. The third-order valence-electron chi connectivity index (χ3n) is 0. The monoisotopic (exact) mass is 482 g/mol. The second-order valence-corrected chi connectivity index (χ2v) is 1.34. The van der Waals surface area contributed by atoms with Crippen molar-refractivity contribution < 1.29 is 17.5 Å². The van der Waals surface area contributed by atoms with Gasteiger partial charge in [0, 0.05) is 0 Å². The van der Waals surface area contributed by atoms with Crippen LogP contribution in [0.25, 0.3) is 0 Å². The van der Waals surface area contributed by atoms with Crippen molar-refractivity contribution in [2.24, 2.45) is 0 Å². The second-order valence-electron chi connectivity index (χ2n) is 0.448. The zero-order valence-corrected chi connectivity index (χ0v) is 11.2. The average Bonchev–Trinajstić information content (AvgIpc) is 0.722. The van der Waals surface area contributed by atoms with Gasteiger partial charge in [-0.2, -0.15) is 8.42 Å². The molecule has 0 aromatic carbocycles. The SMILES string of the molecule is I.I.I.O=S(=O)(O)O.